The fourth-order valence-corrected chi connectivity index (χ4v) is 2.44. The van der Waals surface area contributed by atoms with Gasteiger partial charge >= 0.3 is 0 Å². The molecule has 2 atom stereocenters. The number of carbonyl (C=O) groups excluding carboxylic acids is 1. The second-order valence-corrected chi connectivity index (χ2v) is 5.22. The summed E-state index contributed by atoms with van der Waals surface area (Å²) in [4.78, 5) is 13.6. The molecular formula is C10H18BrNO2. The summed E-state index contributed by atoms with van der Waals surface area (Å²) in [5, 5.41) is 8.95. The predicted molar refractivity (Wildman–Crippen MR) is 59.4 cm³/mol. The smallest absolute Gasteiger partial charge is 0.236 e. The van der Waals surface area contributed by atoms with Crippen LogP contribution in [0.2, 0.25) is 0 Å². The fraction of sp³-hybridized carbons (Fsp3) is 0.900. The Hall–Kier alpha value is -0.0900. The number of aliphatic hydroxyl groups is 1. The summed E-state index contributed by atoms with van der Waals surface area (Å²) in [6, 6.07) is 0.190. The van der Waals surface area contributed by atoms with E-state index in [1.807, 2.05) is 4.90 Å². The molecule has 1 aliphatic heterocycles. The van der Waals surface area contributed by atoms with Crippen LogP contribution < -0.4 is 0 Å². The largest absolute Gasteiger partial charge is 0.396 e. The first kappa shape index (κ1) is 12.0. The Morgan fingerprint density at radius 3 is 2.64 bits per heavy atom. The van der Waals surface area contributed by atoms with Gasteiger partial charge in [0.1, 0.15) is 0 Å². The fourth-order valence-electron chi connectivity index (χ4n) is 1.98. The zero-order valence-corrected chi connectivity index (χ0v) is 10.3. The van der Waals surface area contributed by atoms with Crippen molar-refractivity contribution < 1.29 is 9.90 Å². The average molecular weight is 264 g/mol. The van der Waals surface area contributed by atoms with Crippen molar-refractivity contribution in [3.63, 3.8) is 0 Å². The third kappa shape index (κ3) is 2.48. The number of carbonyl (C=O) groups is 1. The van der Waals surface area contributed by atoms with Crippen molar-refractivity contribution in [2.75, 3.05) is 13.2 Å². The highest BCUT2D eigenvalue weighted by molar-refractivity contribution is 9.10. The summed E-state index contributed by atoms with van der Waals surface area (Å²) in [5.41, 5.74) is 0. The van der Waals surface area contributed by atoms with E-state index < -0.39 is 0 Å². The van der Waals surface area contributed by atoms with Crippen molar-refractivity contribution in [1.82, 2.24) is 4.90 Å². The predicted octanol–water partition coefficient (Wildman–Crippen LogP) is 1.39. The zero-order chi connectivity index (χ0) is 10.7. The second-order valence-electron chi connectivity index (χ2n) is 4.11. The molecule has 1 N–H and O–H groups in total. The number of rotatable bonds is 4. The van der Waals surface area contributed by atoms with Gasteiger partial charge in [0.15, 0.2) is 0 Å². The van der Waals surface area contributed by atoms with Crippen LogP contribution in [0.15, 0.2) is 0 Å². The Bertz CT molecular complexity index is 208. The maximum Gasteiger partial charge on any atom is 0.236 e. The van der Waals surface area contributed by atoms with E-state index in [9.17, 15) is 4.79 Å². The van der Waals surface area contributed by atoms with Crippen LogP contribution in [0.3, 0.4) is 0 Å². The molecule has 0 spiro atoms. The molecule has 0 saturated carbocycles. The maximum atomic E-state index is 11.7. The van der Waals surface area contributed by atoms with Crippen molar-refractivity contribution in [3.8, 4) is 0 Å². The lowest BCUT2D eigenvalue weighted by molar-refractivity contribution is -0.130. The third-order valence-corrected chi connectivity index (χ3v) is 3.62. The van der Waals surface area contributed by atoms with Crippen LogP contribution in [0.5, 0.6) is 0 Å². The van der Waals surface area contributed by atoms with E-state index in [0.29, 0.717) is 12.3 Å². The molecule has 2 unspecified atom stereocenters. The van der Waals surface area contributed by atoms with E-state index in [-0.39, 0.29) is 23.4 Å². The van der Waals surface area contributed by atoms with Gasteiger partial charge in [0.05, 0.1) is 4.83 Å². The second kappa shape index (κ2) is 5.12. The number of hydrogen-bond acceptors (Lipinski definition) is 2. The monoisotopic (exact) mass is 263 g/mol. The van der Waals surface area contributed by atoms with Gasteiger partial charge in [0.25, 0.3) is 0 Å². The lowest BCUT2D eigenvalue weighted by atomic mass is 10.00. The quantitative estimate of drug-likeness (QED) is 0.779. The number of halogens is 1. The van der Waals surface area contributed by atoms with Gasteiger partial charge in [-0.25, -0.2) is 0 Å². The molecule has 1 rings (SSSR count). The van der Waals surface area contributed by atoms with Gasteiger partial charge in [-0.15, -0.1) is 0 Å². The van der Waals surface area contributed by atoms with Crippen molar-refractivity contribution in [1.29, 1.82) is 0 Å². The molecule has 82 valence electrons. The number of alkyl halides is 1. The van der Waals surface area contributed by atoms with Gasteiger partial charge in [-0.1, -0.05) is 29.8 Å². The standard InChI is InChI=1S/C10H18BrNO2/c1-7(2)9(4-6-13)12-5-3-8(11)10(12)14/h7-9,13H,3-6H2,1-2H3. The molecule has 0 aromatic rings. The van der Waals surface area contributed by atoms with E-state index in [2.05, 4.69) is 29.8 Å². The normalized spacial score (nSPS) is 24.8. The first-order valence-corrected chi connectivity index (χ1v) is 6.05. The summed E-state index contributed by atoms with van der Waals surface area (Å²) in [6.45, 7) is 5.15. The number of hydrogen-bond donors (Lipinski definition) is 1. The lowest BCUT2D eigenvalue weighted by Gasteiger charge is -2.30. The number of aliphatic hydroxyl groups excluding tert-OH is 1. The van der Waals surface area contributed by atoms with Crippen LogP contribution in [-0.2, 0) is 4.79 Å². The van der Waals surface area contributed by atoms with Crippen LogP contribution in [0.4, 0.5) is 0 Å². The Balaban J connectivity index is 2.64. The van der Waals surface area contributed by atoms with E-state index in [4.69, 9.17) is 5.11 Å². The number of amides is 1. The molecule has 0 aliphatic carbocycles. The van der Waals surface area contributed by atoms with Crippen molar-refractivity contribution >= 4 is 21.8 Å². The average Bonchev–Trinajstić information content (AvgIpc) is 2.44. The van der Waals surface area contributed by atoms with Gasteiger partial charge in [-0.05, 0) is 18.8 Å². The Labute approximate surface area is 93.6 Å². The summed E-state index contributed by atoms with van der Waals surface area (Å²) < 4.78 is 0. The van der Waals surface area contributed by atoms with Crippen molar-refractivity contribution in [2.45, 2.75) is 37.6 Å². The molecule has 0 bridgehead atoms. The van der Waals surface area contributed by atoms with Gasteiger partial charge < -0.3 is 10.0 Å². The third-order valence-electron chi connectivity index (χ3n) is 2.77. The Morgan fingerprint density at radius 1 is 1.64 bits per heavy atom. The SMILES string of the molecule is CC(C)C(CCO)N1CCC(Br)C1=O. The molecular weight excluding hydrogens is 246 g/mol. The molecule has 14 heavy (non-hydrogen) atoms. The lowest BCUT2D eigenvalue weighted by Crippen LogP contribution is -2.41. The first-order chi connectivity index (χ1) is 6.57. The zero-order valence-electron chi connectivity index (χ0n) is 8.74. The minimum Gasteiger partial charge on any atom is -0.396 e. The van der Waals surface area contributed by atoms with Crippen LogP contribution in [-0.4, -0.2) is 39.9 Å². The summed E-state index contributed by atoms with van der Waals surface area (Å²) in [6.07, 6.45) is 1.57. The molecule has 0 aromatic heterocycles. The minimum absolute atomic E-state index is 0.0116. The van der Waals surface area contributed by atoms with Crippen LogP contribution in [0.25, 0.3) is 0 Å². The van der Waals surface area contributed by atoms with E-state index in [1.165, 1.54) is 0 Å². The van der Waals surface area contributed by atoms with Gasteiger partial charge in [-0.2, -0.15) is 0 Å². The van der Waals surface area contributed by atoms with Crippen molar-refractivity contribution in [2.24, 2.45) is 5.92 Å². The van der Waals surface area contributed by atoms with Crippen LogP contribution >= 0.6 is 15.9 Å². The minimum atomic E-state index is -0.0116. The van der Waals surface area contributed by atoms with E-state index in [1.54, 1.807) is 0 Å². The van der Waals surface area contributed by atoms with Crippen molar-refractivity contribution in [3.05, 3.63) is 0 Å². The molecule has 3 nitrogen and oxygen atoms in total. The molecule has 4 heteroatoms. The Kier molecular flexibility index (Phi) is 4.38. The maximum absolute atomic E-state index is 11.7. The Morgan fingerprint density at radius 2 is 2.29 bits per heavy atom. The number of likely N-dealkylation sites (tertiary alicyclic amines) is 1. The highest BCUT2D eigenvalue weighted by atomic mass is 79.9. The van der Waals surface area contributed by atoms with E-state index >= 15 is 0 Å². The molecule has 1 amide bonds. The highest BCUT2D eigenvalue weighted by Crippen LogP contribution is 2.25. The van der Waals surface area contributed by atoms with Gasteiger partial charge in [-0.3, -0.25) is 4.79 Å². The molecule has 0 aromatic carbocycles. The topological polar surface area (TPSA) is 40.5 Å². The molecule has 1 aliphatic rings. The van der Waals surface area contributed by atoms with Gasteiger partial charge in [0.2, 0.25) is 5.91 Å². The molecule has 1 fully saturated rings. The summed E-state index contributed by atoms with van der Waals surface area (Å²) >= 11 is 3.36. The van der Waals surface area contributed by atoms with Crippen LogP contribution in [0.1, 0.15) is 26.7 Å². The summed E-state index contributed by atoms with van der Waals surface area (Å²) in [7, 11) is 0. The van der Waals surface area contributed by atoms with E-state index in [0.717, 1.165) is 13.0 Å². The molecule has 1 saturated heterocycles. The first-order valence-electron chi connectivity index (χ1n) is 5.13. The van der Waals surface area contributed by atoms with Crippen LogP contribution in [0, 0.1) is 5.92 Å². The molecule has 1 heterocycles. The highest BCUT2D eigenvalue weighted by Gasteiger charge is 2.35. The summed E-state index contributed by atoms with van der Waals surface area (Å²) in [5.74, 6) is 0.584. The number of nitrogens with zero attached hydrogens (tertiary/aromatic N) is 1. The van der Waals surface area contributed by atoms with Gasteiger partial charge in [0, 0.05) is 19.2 Å². The molecule has 0 radical (unpaired) electrons.